The van der Waals surface area contributed by atoms with E-state index in [-0.39, 0.29) is 10.8 Å². The van der Waals surface area contributed by atoms with Crippen molar-refractivity contribution in [1.82, 2.24) is 0 Å². The van der Waals surface area contributed by atoms with Crippen molar-refractivity contribution in [2.75, 3.05) is 5.32 Å². The van der Waals surface area contributed by atoms with Crippen LogP contribution in [0.3, 0.4) is 0 Å². The lowest BCUT2D eigenvalue weighted by Crippen LogP contribution is -2.03. The van der Waals surface area contributed by atoms with Gasteiger partial charge in [0.1, 0.15) is 11.5 Å². The van der Waals surface area contributed by atoms with Gasteiger partial charge in [0.15, 0.2) is 0 Å². The third-order valence-corrected chi connectivity index (χ3v) is 3.29. The molecule has 0 unspecified atom stereocenters. The number of halogens is 4. The number of rotatable bonds is 5. The van der Waals surface area contributed by atoms with Crippen LogP contribution in [0.2, 0.25) is 5.02 Å². The molecule has 0 aliphatic rings. The number of ether oxygens (including phenoxy) is 1. The van der Waals surface area contributed by atoms with E-state index in [1.807, 2.05) is 0 Å². The van der Waals surface area contributed by atoms with Crippen LogP contribution in [0.4, 0.5) is 14.5 Å². The van der Waals surface area contributed by atoms with E-state index >= 15 is 0 Å². The standard InChI is InChI=1S/C12H9BrClF2NO2/c13-8-3-4-18-11(8)6-17-7-1-2-10(9(14)5-7)19-12(15)16/h1-5,12,17H,6H2. The van der Waals surface area contributed by atoms with Crippen molar-refractivity contribution in [3.8, 4) is 5.75 Å². The molecule has 1 N–H and O–H groups in total. The lowest BCUT2D eigenvalue weighted by molar-refractivity contribution is -0.0497. The Morgan fingerprint density at radius 2 is 2.16 bits per heavy atom. The third kappa shape index (κ3) is 3.84. The van der Waals surface area contributed by atoms with Crippen molar-refractivity contribution < 1.29 is 17.9 Å². The Labute approximate surface area is 121 Å². The number of benzene rings is 1. The van der Waals surface area contributed by atoms with Gasteiger partial charge in [0, 0.05) is 5.69 Å². The molecule has 0 saturated carbocycles. The van der Waals surface area contributed by atoms with Crippen LogP contribution in [0.25, 0.3) is 0 Å². The zero-order chi connectivity index (χ0) is 13.8. The second-order valence-corrected chi connectivity index (χ2v) is 4.83. The molecule has 1 heterocycles. The Morgan fingerprint density at radius 1 is 1.37 bits per heavy atom. The Balaban J connectivity index is 2.02. The molecular formula is C12H9BrClF2NO2. The second-order valence-electron chi connectivity index (χ2n) is 3.57. The molecule has 0 aliphatic heterocycles. The molecular weight excluding hydrogens is 343 g/mol. The molecule has 2 rings (SSSR count). The molecule has 1 aromatic carbocycles. The molecule has 19 heavy (non-hydrogen) atoms. The van der Waals surface area contributed by atoms with E-state index in [0.29, 0.717) is 12.2 Å². The summed E-state index contributed by atoms with van der Waals surface area (Å²) >= 11 is 9.16. The molecule has 2 aromatic rings. The van der Waals surface area contributed by atoms with Gasteiger partial charge in [-0.05, 0) is 40.2 Å². The second kappa shape index (κ2) is 6.25. The van der Waals surface area contributed by atoms with Crippen molar-refractivity contribution in [3.05, 3.63) is 45.8 Å². The fourth-order valence-corrected chi connectivity index (χ4v) is 2.00. The first-order valence-electron chi connectivity index (χ1n) is 5.26. The summed E-state index contributed by atoms with van der Waals surface area (Å²) in [6.45, 7) is -2.45. The normalized spacial score (nSPS) is 10.8. The van der Waals surface area contributed by atoms with Crippen LogP contribution >= 0.6 is 27.5 Å². The van der Waals surface area contributed by atoms with Gasteiger partial charge in [0.2, 0.25) is 0 Å². The van der Waals surface area contributed by atoms with Crippen LogP contribution in [0.1, 0.15) is 5.76 Å². The van der Waals surface area contributed by atoms with E-state index < -0.39 is 6.61 Å². The van der Waals surface area contributed by atoms with Crippen molar-refractivity contribution in [2.45, 2.75) is 13.2 Å². The first-order valence-corrected chi connectivity index (χ1v) is 6.43. The summed E-state index contributed by atoms with van der Waals surface area (Å²) in [5.41, 5.74) is 0.676. The Morgan fingerprint density at radius 3 is 2.74 bits per heavy atom. The summed E-state index contributed by atoms with van der Waals surface area (Å²) < 4.78 is 34.5. The molecule has 102 valence electrons. The van der Waals surface area contributed by atoms with Gasteiger partial charge in [0.25, 0.3) is 0 Å². The first kappa shape index (κ1) is 14.1. The monoisotopic (exact) mass is 351 g/mol. The van der Waals surface area contributed by atoms with Gasteiger partial charge in [-0.25, -0.2) is 0 Å². The maximum atomic E-state index is 12.1. The number of hydrogen-bond acceptors (Lipinski definition) is 3. The van der Waals surface area contributed by atoms with E-state index in [1.54, 1.807) is 18.4 Å². The SMILES string of the molecule is FC(F)Oc1ccc(NCc2occc2Br)cc1Cl. The summed E-state index contributed by atoms with van der Waals surface area (Å²) in [6, 6.07) is 6.27. The van der Waals surface area contributed by atoms with Gasteiger partial charge in [-0.15, -0.1) is 0 Å². The molecule has 1 aromatic heterocycles. The molecule has 0 amide bonds. The van der Waals surface area contributed by atoms with E-state index in [0.717, 1.165) is 10.2 Å². The molecule has 7 heteroatoms. The number of alkyl halides is 2. The van der Waals surface area contributed by atoms with Gasteiger partial charge < -0.3 is 14.5 Å². The highest BCUT2D eigenvalue weighted by atomic mass is 79.9. The van der Waals surface area contributed by atoms with Gasteiger partial charge in [-0.1, -0.05) is 11.6 Å². The molecule has 0 atom stereocenters. The lowest BCUT2D eigenvalue weighted by Gasteiger charge is -2.09. The van der Waals surface area contributed by atoms with E-state index in [1.165, 1.54) is 12.1 Å². The number of anilines is 1. The molecule has 0 fully saturated rings. The molecule has 0 bridgehead atoms. The first-order chi connectivity index (χ1) is 9.06. The summed E-state index contributed by atoms with van der Waals surface area (Å²) in [7, 11) is 0. The van der Waals surface area contributed by atoms with Crippen LogP contribution in [0.15, 0.2) is 39.4 Å². The van der Waals surface area contributed by atoms with Gasteiger partial charge in [-0.3, -0.25) is 0 Å². The van der Waals surface area contributed by atoms with Crippen LogP contribution in [-0.2, 0) is 6.54 Å². The highest BCUT2D eigenvalue weighted by molar-refractivity contribution is 9.10. The minimum Gasteiger partial charge on any atom is -0.466 e. The quantitative estimate of drug-likeness (QED) is 0.830. The van der Waals surface area contributed by atoms with Crippen molar-refractivity contribution in [1.29, 1.82) is 0 Å². The lowest BCUT2D eigenvalue weighted by atomic mass is 10.3. The maximum absolute atomic E-state index is 12.1. The summed E-state index contributed by atoms with van der Waals surface area (Å²) in [5.74, 6) is 0.672. The third-order valence-electron chi connectivity index (χ3n) is 2.29. The molecule has 0 aliphatic carbocycles. The van der Waals surface area contributed by atoms with Crippen LogP contribution in [0.5, 0.6) is 5.75 Å². The average Bonchev–Trinajstić information content (AvgIpc) is 2.75. The summed E-state index contributed by atoms with van der Waals surface area (Å²) in [6.07, 6.45) is 1.56. The van der Waals surface area contributed by atoms with E-state index in [2.05, 4.69) is 26.0 Å². The maximum Gasteiger partial charge on any atom is 0.387 e. The van der Waals surface area contributed by atoms with Crippen LogP contribution < -0.4 is 10.1 Å². The number of nitrogens with one attached hydrogen (secondary N) is 1. The van der Waals surface area contributed by atoms with Gasteiger partial charge >= 0.3 is 6.61 Å². The van der Waals surface area contributed by atoms with E-state index in [4.69, 9.17) is 16.0 Å². The fourth-order valence-electron chi connectivity index (χ4n) is 1.44. The van der Waals surface area contributed by atoms with Crippen molar-refractivity contribution in [2.24, 2.45) is 0 Å². The summed E-state index contributed by atoms with van der Waals surface area (Å²) in [5, 5.41) is 3.17. The predicted molar refractivity (Wildman–Crippen MR) is 71.8 cm³/mol. The molecule has 0 saturated heterocycles. The molecule has 0 spiro atoms. The smallest absolute Gasteiger partial charge is 0.387 e. The predicted octanol–water partition coefficient (Wildman–Crippen LogP) is 4.91. The number of hydrogen-bond donors (Lipinski definition) is 1. The minimum absolute atomic E-state index is 0.0543. The van der Waals surface area contributed by atoms with E-state index in [9.17, 15) is 8.78 Å². The van der Waals surface area contributed by atoms with Crippen LogP contribution in [-0.4, -0.2) is 6.61 Å². The zero-order valence-corrected chi connectivity index (χ0v) is 11.8. The fraction of sp³-hybridized carbons (Fsp3) is 0.167. The van der Waals surface area contributed by atoms with Crippen molar-refractivity contribution in [3.63, 3.8) is 0 Å². The Hall–Kier alpha value is -1.27. The molecule has 0 radical (unpaired) electrons. The largest absolute Gasteiger partial charge is 0.466 e. The Kier molecular flexibility index (Phi) is 4.66. The van der Waals surface area contributed by atoms with Gasteiger partial charge in [-0.2, -0.15) is 8.78 Å². The molecule has 3 nitrogen and oxygen atoms in total. The van der Waals surface area contributed by atoms with Crippen molar-refractivity contribution >= 4 is 33.2 Å². The highest BCUT2D eigenvalue weighted by Crippen LogP contribution is 2.29. The summed E-state index contributed by atoms with van der Waals surface area (Å²) in [4.78, 5) is 0. The topological polar surface area (TPSA) is 34.4 Å². The highest BCUT2D eigenvalue weighted by Gasteiger charge is 2.09. The zero-order valence-electron chi connectivity index (χ0n) is 9.50. The average molecular weight is 353 g/mol. The minimum atomic E-state index is -2.89. The Bertz CT molecular complexity index is 562. The van der Waals surface area contributed by atoms with Gasteiger partial charge in [0.05, 0.1) is 22.3 Å². The number of furan rings is 1. The van der Waals surface area contributed by atoms with Crippen LogP contribution in [0, 0.1) is 0 Å².